The molecule has 0 saturated carbocycles. The molecule has 0 aliphatic heterocycles. The van der Waals surface area contributed by atoms with E-state index in [1.165, 1.54) is 19.1 Å². The van der Waals surface area contributed by atoms with Crippen molar-refractivity contribution in [2.45, 2.75) is 17.9 Å². The Kier molecular flexibility index (Phi) is 4.41. The molecule has 1 unspecified atom stereocenters. The Balaban J connectivity index is 2.98. The zero-order valence-corrected chi connectivity index (χ0v) is 11.3. The highest BCUT2D eigenvalue weighted by Gasteiger charge is 2.26. The molecule has 1 atom stereocenters. The summed E-state index contributed by atoms with van der Waals surface area (Å²) in [6, 6.07) is 4.50. The maximum absolute atomic E-state index is 11.8. The molecule has 0 fully saturated rings. The summed E-state index contributed by atoms with van der Waals surface area (Å²) in [6.07, 6.45) is 0. The van der Waals surface area contributed by atoms with Crippen molar-refractivity contribution >= 4 is 38.9 Å². The zero-order chi connectivity index (χ0) is 13.2. The lowest BCUT2D eigenvalue weighted by molar-refractivity contribution is -0.117. The first-order valence-corrected chi connectivity index (χ1v) is 7.16. The highest BCUT2D eigenvalue weighted by Crippen LogP contribution is 2.24. The summed E-state index contributed by atoms with van der Waals surface area (Å²) in [5.41, 5.74) is 5.43. The Morgan fingerprint density at radius 1 is 1.35 bits per heavy atom. The molecule has 0 aromatic heterocycles. The third-order valence-electron chi connectivity index (χ3n) is 2.29. The average Bonchev–Trinajstić information content (AvgIpc) is 2.22. The molecule has 1 aromatic rings. The fourth-order valence-electron chi connectivity index (χ4n) is 1.16. The maximum atomic E-state index is 11.8. The van der Waals surface area contributed by atoms with Gasteiger partial charge in [0.15, 0.2) is 9.84 Å². The number of carbonyl (C=O) groups is 1. The normalized spacial score (nSPS) is 13.4. The van der Waals surface area contributed by atoms with Gasteiger partial charge in [0.2, 0.25) is 5.91 Å². The van der Waals surface area contributed by atoms with E-state index in [1.807, 2.05) is 0 Å². The summed E-state index contributed by atoms with van der Waals surface area (Å²) in [5.74, 6) is -1.17. The third kappa shape index (κ3) is 3.59. The fraction of sp³-hybridized carbons (Fsp3) is 0.300. The van der Waals surface area contributed by atoms with Crippen molar-refractivity contribution in [3.63, 3.8) is 0 Å². The van der Waals surface area contributed by atoms with E-state index in [0.29, 0.717) is 10.6 Å². The molecule has 94 valence electrons. The number of sulfone groups is 1. The molecular weight excluding hydrogens is 285 g/mol. The first kappa shape index (κ1) is 14.3. The lowest BCUT2D eigenvalue weighted by Gasteiger charge is -2.09. The van der Waals surface area contributed by atoms with Gasteiger partial charge in [0.05, 0.1) is 15.8 Å². The van der Waals surface area contributed by atoms with Gasteiger partial charge in [-0.25, -0.2) is 8.42 Å². The lowest BCUT2D eigenvalue weighted by Crippen LogP contribution is -2.33. The average molecular weight is 296 g/mol. The Morgan fingerprint density at radius 3 is 2.41 bits per heavy atom. The van der Waals surface area contributed by atoms with E-state index in [-0.39, 0.29) is 10.8 Å². The van der Waals surface area contributed by atoms with Gasteiger partial charge in [0.1, 0.15) is 5.25 Å². The summed E-state index contributed by atoms with van der Waals surface area (Å²) in [7, 11) is -3.62. The van der Waals surface area contributed by atoms with Crippen LogP contribution in [0.25, 0.3) is 0 Å². The van der Waals surface area contributed by atoms with Crippen molar-refractivity contribution in [3.8, 4) is 0 Å². The molecule has 7 heteroatoms. The molecule has 0 heterocycles. The van der Waals surface area contributed by atoms with Crippen molar-refractivity contribution in [2.24, 2.45) is 5.73 Å². The fourth-order valence-corrected chi connectivity index (χ4v) is 2.73. The van der Waals surface area contributed by atoms with Crippen LogP contribution < -0.4 is 5.73 Å². The van der Waals surface area contributed by atoms with E-state index < -0.39 is 21.0 Å². The third-order valence-corrected chi connectivity index (χ3v) is 5.08. The first-order chi connectivity index (χ1) is 7.74. The van der Waals surface area contributed by atoms with Gasteiger partial charge in [-0.2, -0.15) is 0 Å². The molecule has 1 amide bonds. The Labute approximate surface area is 110 Å². The van der Waals surface area contributed by atoms with Gasteiger partial charge in [-0.3, -0.25) is 4.79 Å². The minimum atomic E-state index is -3.62. The van der Waals surface area contributed by atoms with E-state index in [0.717, 1.165) is 0 Å². The molecule has 2 N–H and O–H groups in total. The summed E-state index contributed by atoms with van der Waals surface area (Å²) in [4.78, 5) is 10.9. The molecule has 17 heavy (non-hydrogen) atoms. The summed E-state index contributed by atoms with van der Waals surface area (Å²) < 4.78 is 23.5. The van der Waals surface area contributed by atoms with Crippen LogP contribution in [0.3, 0.4) is 0 Å². The van der Waals surface area contributed by atoms with Crippen molar-refractivity contribution in [1.29, 1.82) is 0 Å². The number of primary amides is 1. The van der Waals surface area contributed by atoms with Crippen LogP contribution >= 0.6 is 23.2 Å². The van der Waals surface area contributed by atoms with Crippen LogP contribution in [0.4, 0.5) is 0 Å². The molecule has 0 aliphatic carbocycles. The first-order valence-electron chi connectivity index (χ1n) is 4.69. The largest absolute Gasteiger partial charge is 0.369 e. The second kappa shape index (κ2) is 5.25. The predicted octanol–water partition coefficient (Wildman–Crippen LogP) is 1.78. The summed E-state index contributed by atoms with van der Waals surface area (Å²) >= 11 is 11.5. The summed E-state index contributed by atoms with van der Waals surface area (Å²) in [5, 5.41) is -0.612. The van der Waals surface area contributed by atoms with E-state index in [2.05, 4.69) is 0 Å². The van der Waals surface area contributed by atoms with Crippen LogP contribution in [-0.4, -0.2) is 19.6 Å². The van der Waals surface area contributed by atoms with Gasteiger partial charge in [-0.1, -0.05) is 29.3 Å². The van der Waals surface area contributed by atoms with Crippen molar-refractivity contribution in [3.05, 3.63) is 33.8 Å². The number of amides is 1. The molecule has 0 bridgehead atoms. The highest BCUT2D eigenvalue weighted by atomic mass is 35.5. The minimum Gasteiger partial charge on any atom is -0.369 e. The number of benzene rings is 1. The van der Waals surface area contributed by atoms with Crippen LogP contribution in [0.1, 0.15) is 12.5 Å². The van der Waals surface area contributed by atoms with Gasteiger partial charge in [-0.05, 0) is 24.6 Å². The Bertz CT molecular complexity index is 542. The molecule has 4 nitrogen and oxygen atoms in total. The van der Waals surface area contributed by atoms with Gasteiger partial charge in [0, 0.05) is 0 Å². The quantitative estimate of drug-likeness (QED) is 0.920. The van der Waals surface area contributed by atoms with Gasteiger partial charge >= 0.3 is 0 Å². The molecular formula is C10H11Cl2NO3S. The second-order valence-electron chi connectivity index (χ2n) is 3.60. The van der Waals surface area contributed by atoms with Crippen molar-refractivity contribution in [2.75, 3.05) is 0 Å². The Morgan fingerprint density at radius 2 is 1.94 bits per heavy atom. The molecule has 0 spiro atoms. The number of carbonyl (C=O) groups excluding carboxylic acids is 1. The molecule has 0 radical (unpaired) electrons. The van der Waals surface area contributed by atoms with E-state index >= 15 is 0 Å². The topological polar surface area (TPSA) is 77.2 Å². The van der Waals surface area contributed by atoms with Gasteiger partial charge in [0.25, 0.3) is 0 Å². The zero-order valence-electron chi connectivity index (χ0n) is 8.98. The van der Waals surface area contributed by atoms with Crippen molar-refractivity contribution < 1.29 is 13.2 Å². The molecule has 0 saturated heterocycles. The van der Waals surface area contributed by atoms with Crippen LogP contribution in [-0.2, 0) is 20.4 Å². The number of hydrogen-bond acceptors (Lipinski definition) is 3. The monoisotopic (exact) mass is 295 g/mol. The lowest BCUT2D eigenvalue weighted by atomic mass is 10.2. The predicted molar refractivity (Wildman–Crippen MR) is 67.7 cm³/mol. The maximum Gasteiger partial charge on any atom is 0.235 e. The van der Waals surface area contributed by atoms with Crippen LogP contribution in [0, 0.1) is 0 Å². The smallest absolute Gasteiger partial charge is 0.235 e. The molecule has 0 aliphatic rings. The van der Waals surface area contributed by atoms with E-state index in [9.17, 15) is 13.2 Å². The van der Waals surface area contributed by atoms with Gasteiger partial charge in [-0.15, -0.1) is 0 Å². The number of hydrogen-bond donors (Lipinski definition) is 1. The second-order valence-corrected chi connectivity index (χ2v) is 6.74. The van der Waals surface area contributed by atoms with E-state index in [1.54, 1.807) is 6.07 Å². The van der Waals surface area contributed by atoms with Gasteiger partial charge < -0.3 is 5.73 Å². The van der Waals surface area contributed by atoms with Crippen molar-refractivity contribution in [1.82, 2.24) is 0 Å². The van der Waals surface area contributed by atoms with Crippen LogP contribution in [0.2, 0.25) is 10.0 Å². The van der Waals surface area contributed by atoms with E-state index in [4.69, 9.17) is 28.9 Å². The SMILES string of the molecule is CC(C(N)=O)S(=O)(=O)Cc1ccc(Cl)c(Cl)c1. The number of halogens is 2. The number of nitrogens with two attached hydrogens (primary N) is 1. The summed E-state index contributed by atoms with van der Waals surface area (Å²) in [6.45, 7) is 1.26. The molecule has 1 aromatic carbocycles. The van der Waals surface area contributed by atoms with Crippen LogP contribution in [0.15, 0.2) is 18.2 Å². The van der Waals surface area contributed by atoms with Crippen LogP contribution in [0.5, 0.6) is 0 Å². The highest BCUT2D eigenvalue weighted by molar-refractivity contribution is 7.92. The number of rotatable bonds is 4. The minimum absolute atomic E-state index is 0.270. The Hall–Kier alpha value is -0.780. The molecule has 1 rings (SSSR count). The standard InChI is InChI=1S/C10H11Cl2NO3S/c1-6(10(13)14)17(15,16)5-7-2-3-8(11)9(12)4-7/h2-4,6H,5H2,1H3,(H2,13,14).